The second-order valence-corrected chi connectivity index (χ2v) is 6.39. The molecule has 4 heteroatoms. The number of carbonyl (C=O) groups excluding carboxylic acids is 1. The van der Waals surface area contributed by atoms with Gasteiger partial charge < -0.3 is 9.47 Å². The average molecular weight is 377 g/mol. The number of esters is 1. The van der Waals surface area contributed by atoms with Crippen LogP contribution in [-0.2, 0) is 16.1 Å². The van der Waals surface area contributed by atoms with Gasteiger partial charge in [-0.15, -0.1) is 0 Å². The smallest absolute Gasteiger partial charge is 0.320 e. The van der Waals surface area contributed by atoms with Crippen LogP contribution in [0.3, 0.4) is 0 Å². The number of carbonyl (C=O) groups is 1. The van der Waals surface area contributed by atoms with E-state index in [0.717, 1.165) is 36.3 Å². The lowest BCUT2D eigenvalue weighted by molar-refractivity contribution is -0.144. The van der Waals surface area contributed by atoms with Gasteiger partial charge in [-0.25, -0.2) is 0 Å². The van der Waals surface area contributed by atoms with Crippen molar-refractivity contribution in [3.05, 3.63) is 60.2 Å². The highest BCUT2D eigenvalue weighted by molar-refractivity contribution is 9.10. The van der Waals surface area contributed by atoms with E-state index in [1.807, 2.05) is 54.6 Å². The van der Waals surface area contributed by atoms with Gasteiger partial charge in [0.05, 0.1) is 0 Å². The molecular weight excluding hydrogens is 356 g/mol. The number of halogens is 1. The van der Waals surface area contributed by atoms with E-state index in [1.165, 1.54) is 0 Å². The van der Waals surface area contributed by atoms with E-state index in [0.29, 0.717) is 0 Å². The molecule has 0 radical (unpaired) electrons. The molecule has 0 aromatic heterocycles. The molecule has 122 valence electrons. The largest absolute Gasteiger partial charge is 0.460 e. The van der Waals surface area contributed by atoms with Crippen molar-refractivity contribution >= 4 is 21.9 Å². The molecule has 23 heavy (non-hydrogen) atoms. The number of rotatable bonds is 8. The first-order chi connectivity index (χ1) is 11.2. The molecule has 0 spiro atoms. The third-order valence-electron chi connectivity index (χ3n) is 3.33. The van der Waals surface area contributed by atoms with Gasteiger partial charge in [-0.05, 0) is 36.2 Å². The van der Waals surface area contributed by atoms with Gasteiger partial charge in [-0.3, -0.25) is 4.79 Å². The fourth-order valence-electron chi connectivity index (χ4n) is 2.07. The molecule has 0 saturated heterocycles. The molecule has 0 bridgehead atoms. The minimum atomic E-state index is -0.230. The molecule has 3 nitrogen and oxygen atoms in total. The number of benzene rings is 2. The predicted molar refractivity (Wildman–Crippen MR) is 95.0 cm³/mol. The maximum Gasteiger partial charge on any atom is 0.320 e. The number of hydrogen-bond acceptors (Lipinski definition) is 3. The average Bonchev–Trinajstić information content (AvgIpc) is 2.58. The van der Waals surface area contributed by atoms with Gasteiger partial charge in [0.25, 0.3) is 0 Å². The lowest BCUT2D eigenvalue weighted by atomic mass is 10.2. The standard InChI is InChI=1S/C19H21BrO3/c1-2-3-12-18(20)19(21)22-14-15-8-7-11-17(13-15)23-16-9-5-4-6-10-16/h4-11,13,18H,2-3,12,14H2,1H3. The first-order valence-corrected chi connectivity index (χ1v) is 8.73. The molecule has 0 aliphatic heterocycles. The van der Waals surface area contributed by atoms with Crippen LogP contribution in [0.25, 0.3) is 0 Å². The van der Waals surface area contributed by atoms with Crippen LogP contribution in [0.1, 0.15) is 31.7 Å². The Morgan fingerprint density at radius 2 is 1.83 bits per heavy atom. The summed E-state index contributed by atoms with van der Waals surface area (Å²) in [5, 5.41) is 0. The van der Waals surface area contributed by atoms with E-state index in [2.05, 4.69) is 22.9 Å². The van der Waals surface area contributed by atoms with Gasteiger partial charge in [-0.2, -0.15) is 0 Å². The predicted octanol–water partition coefficient (Wildman–Crippen LogP) is 5.48. The molecular formula is C19H21BrO3. The van der Waals surface area contributed by atoms with Crippen molar-refractivity contribution in [1.82, 2.24) is 0 Å². The van der Waals surface area contributed by atoms with Crippen LogP contribution in [0.2, 0.25) is 0 Å². The highest BCUT2D eigenvalue weighted by Gasteiger charge is 2.15. The summed E-state index contributed by atoms with van der Waals surface area (Å²) in [6, 6.07) is 17.2. The Hall–Kier alpha value is -1.81. The molecule has 0 heterocycles. The monoisotopic (exact) mass is 376 g/mol. The van der Waals surface area contributed by atoms with Gasteiger partial charge in [0.1, 0.15) is 22.9 Å². The second-order valence-electron chi connectivity index (χ2n) is 5.28. The fraction of sp³-hybridized carbons (Fsp3) is 0.316. The maximum atomic E-state index is 11.9. The summed E-state index contributed by atoms with van der Waals surface area (Å²) in [6.45, 7) is 2.35. The Morgan fingerprint density at radius 1 is 1.09 bits per heavy atom. The minimum absolute atomic E-state index is 0.215. The lowest BCUT2D eigenvalue weighted by Gasteiger charge is -2.11. The first kappa shape index (κ1) is 17.5. The van der Waals surface area contributed by atoms with Crippen molar-refractivity contribution in [2.45, 2.75) is 37.6 Å². The van der Waals surface area contributed by atoms with Crippen molar-refractivity contribution in [1.29, 1.82) is 0 Å². The van der Waals surface area contributed by atoms with Gasteiger partial charge in [0, 0.05) is 0 Å². The van der Waals surface area contributed by atoms with E-state index in [1.54, 1.807) is 0 Å². The topological polar surface area (TPSA) is 35.5 Å². The Morgan fingerprint density at radius 3 is 2.57 bits per heavy atom. The lowest BCUT2D eigenvalue weighted by Crippen LogP contribution is -2.17. The Balaban J connectivity index is 1.89. The van der Waals surface area contributed by atoms with Crippen LogP contribution in [0.4, 0.5) is 0 Å². The molecule has 0 aliphatic carbocycles. The van der Waals surface area contributed by atoms with Crippen LogP contribution in [0, 0.1) is 0 Å². The Kier molecular flexibility index (Phi) is 7.14. The van der Waals surface area contributed by atoms with E-state index >= 15 is 0 Å². The molecule has 0 fully saturated rings. The van der Waals surface area contributed by atoms with Crippen molar-refractivity contribution < 1.29 is 14.3 Å². The maximum absolute atomic E-state index is 11.9. The molecule has 1 atom stereocenters. The number of alkyl halides is 1. The summed E-state index contributed by atoms with van der Waals surface area (Å²) in [5.41, 5.74) is 0.905. The highest BCUT2D eigenvalue weighted by atomic mass is 79.9. The number of hydrogen-bond donors (Lipinski definition) is 0. The summed E-state index contributed by atoms with van der Waals surface area (Å²) < 4.78 is 11.1. The normalized spacial score (nSPS) is 11.7. The van der Waals surface area contributed by atoms with E-state index in [9.17, 15) is 4.79 Å². The summed E-state index contributed by atoms with van der Waals surface area (Å²) >= 11 is 3.38. The van der Waals surface area contributed by atoms with Crippen LogP contribution in [-0.4, -0.2) is 10.8 Å². The van der Waals surface area contributed by atoms with Crippen molar-refractivity contribution in [3.63, 3.8) is 0 Å². The molecule has 2 aromatic carbocycles. The summed E-state index contributed by atoms with van der Waals surface area (Å²) in [6.07, 6.45) is 2.87. The zero-order valence-electron chi connectivity index (χ0n) is 13.2. The second kappa shape index (κ2) is 9.36. The van der Waals surface area contributed by atoms with Crippen LogP contribution in [0.5, 0.6) is 11.5 Å². The summed E-state index contributed by atoms with van der Waals surface area (Å²) in [5.74, 6) is 1.29. The minimum Gasteiger partial charge on any atom is -0.460 e. The highest BCUT2D eigenvalue weighted by Crippen LogP contribution is 2.22. The first-order valence-electron chi connectivity index (χ1n) is 7.81. The number of unbranched alkanes of at least 4 members (excludes halogenated alkanes) is 1. The zero-order valence-corrected chi connectivity index (χ0v) is 14.8. The van der Waals surface area contributed by atoms with Crippen molar-refractivity contribution in [3.8, 4) is 11.5 Å². The molecule has 0 saturated carbocycles. The fourth-order valence-corrected chi connectivity index (χ4v) is 2.53. The van der Waals surface area contributed by atoms with Crippen molar-refractivity contribution in [2.24, 2.45) is 0 Å². The molecule has 0 aliphatic rings. The SMILES string of the molecule is CCCCC(Br)C(=O)OCc1cccc(Oc2ccccc2)c1. The van der Waals surface area contributed by atoms with Crippen LogP contribution >= 0.6 is 15.9 Å². The molecule has 0 N–H and O–H groups in total. The van der Waals surface area contributed by atoms with Crippen molar-refractivity contribution in [2.75, 3.05) is 0 Å². The molecule has 2 aromatic rings. The van der Waals surface area contributed by atoms with Gasteiger partial charge in [0.2, 0.25) is 0 Å². The molecule has 1 unspecified atom stereocenters. The van der Waals surface area contributed by atoms with Gasteiger partial charge >= 0.3 is 5.97 Å². The third-order valence-corrected chi connectivity index (χ3v) is 4.16. The third kappa shape index (κ3) is 6.06. The van der Waals surface area contributed by atoms with Crippen LogP contribution in [0.15, 0.2) is 54.6 Å². The number of ether oxygens (including phenoxy) is 2. The summed E-state index contributed by atoms with van der Waals surface area (Å²) in [7, 11) is 0. The van der Waals surface area contributed by atoms with Gasteiger partial charge in [-0.1, -0.05) is 66.0 Å². The van der Waals surface area contributed by atoms with E-state index in [4.69, 9.17) is 9.47 Å². The van der Waals surface area contributed by atoms with Crippen LogP contribution < -0.4 is 4.74 Å². The summed E-state index contributed by atoms with van der Waals surface area (Å²) in [4.78, 5) is 11.7. The van der Waals surface area contributed by atoms with E-state index in [-0.39, 0.29) is 17.4 Å². The zero-order chi connectivity index (χ0) is 16.5. The Bertz CT molecular complexity index is 613. The Labute approximate surface area is 145 Å². The van der Waals surface area contributed by atoms with Gasteiger partial charge in [0.15, 0.2) is 0 Å². The number of para-hydroxylation sites is 1. The van der Waals surface area contributed by atoms with E-state index < -0.39 is 0 Å². The quantitative estimate of drug-likeness (QED) is 0.452. The molecule has 2 rings (SSSR count). The molecule has 0 amide bonds.